The van der Waals surface area contributed by atoms with Gasteiger partial charge < -0.3 is 4.74 Å². The SMILES string of the molecule is CCOC(=O)C(F)(F)c1cccc(C(F)(F)F)c1. The van der Waals surface area contributed by atoms with E-state index < -0.39 is 29.2 Å². The van der Waals surface area contributed by atoms with Crippen LogP contribution in [0.15, 0.2) is 24.3 Å². The molecule has 1 aromatic rings. The summed E-state index contributed by atoms with van der Waals surface area (Å²) in [6.07, 6.45) is -4.75. The van der Waals surface area contributed by atoms with E-state index in [4.69, 9.17) is 0 Å². The van der Waals surface area contributed by atoms with Crippen LogP contribution in [0.4, 0.5) is 22.0 Å². The molecule has 0 aliphatic heterocycles. The van der Waals surface area contributed by atoms with Gasteiger partial charge in [0.1, 0.15) is 0 Å². The fourth-order valence-corrected chi connectivity index (χ4v) is 1.23. The Morgan fingerprint density at radius 2 is 1.72 bits per heavy atom. The van der Waals surface area contributed by atoms with Crippen LogP contribution < -0.4 is 0 Å². The molecule has 0 amide bonds. The molecule has 0 fully saturated rings. The number of hydrogen-bond donors (Lipinski definition) is 0. The Hall–Kier alpha value is -1.66. The number of carbonyl (C=O) groups excluding carboxylic acids is 1. The maximum absolute atomic E-state index is 13.5. The molecule has 0 aliphatic carbocycles. The smallest absolute Gasteiger partial charge is 0.416 e. The number of benzene rings is 1. The van der Waals surface area contributed by atoms with E-state index in [1.165, 1.54) is 6.92 Å². The van der Waals surface area contributed by atoms with Crippen molar-refractivity contribution in [2.24, 2.45) is 0 Å². The summed E-state index contributed by atoms with van der Waals surface area (Å²) in [4.78, 5) is 11.0. The number of esters is 1. The van der Waals surface area contributed by atoms with E-state index >= 15 is 0 Å². The third-order valence-electron chi connectivity index (χ3n) is 2.08. The van der Waals surface area contributed by atoms with Crippen molar-refractivity contribution in [1.82, 2.24) is 0 Å². The van der Waals surface area contributed by atoms with Gasteiger partial charge in [-0.15, -0.1) is 0 Å². The molecule has 0 radical (unpaired) electrons. The van der Waals surface area contributed by atoms with Crippen LogP contribution >= 0.6 is 0 Å². The van der Waals surface area contributed by atoms with Crippen LogP contribution in [-0.4, -0.2) is 12.6 Å². The van der Waals surface area contributed by atoms with Crippen molar-refractivity contribution in [3.63, 3.8) is 0 Å². The number of ether oxygens (including phenoxy) is 1. The maximum atomic E-state index is 13.5. The van der Waals surface area contributed by atoms with Crippen molar-refractivity contribution in [3.8, 4) is 0 Å². The first-order valence-electron chi connectivity index (χ1n) is 4.92. The standard InChI is InChI=1S/C11H9F5O2/c1-2-18-9(17)10(12,13)7-4-3-5-8(6-7)11(14,15)16/h3-6H,2H2,1H3. The predicted molar refractivity (Wildman–Crippen MR) is 52.0 cm³/mol. The minimum absolute atomic E-state index is 0.233. The van der Waals surface area contributed by atoms with Crippen LogP contribution in [-0.2, 0) is 21.6 Å². The van der Waals surface area contributed by atoms with Gasteiger partial charge in [0, 0.05) is 5.56 Å². The number of alkyl halides is 5. The van der Waals surface area contributed by atoms with E-state index in [1.807, 2.05) is 0 Å². The maximum Gasteiger partial charge on any atom is 0.416 e. The lowest BCUT2D eigenvalue weighted by Gasteiger charge is -2.16. The Bertz CT molecular complexity index is 439. The van der Waals surface area contributed by atoms with Crippen LogP contribution in [0.5, 0.6) is 0 Å². The highest BCUT2D eigenvalue weighted by Crippen LogP contribution is 2.35. The molecular formula is C11H9F5O2. The normalized spacial score (nSPS) is 12.3. The molecule has 7 heteroatoms. The van der Waals surface area contributed by atoms with Gasteiger partial charge in [0.25, 0.3) is 0 Å². The topological polar surface area (TPSA) is 26.3 Å². The number of rotatable bonds is 3. The molecule has 0 N–H and O–H groups in total. The van der Waals surface area contributed by atoms with Gasteiger partial charge >= 0.3 is 18.1 Å². The summed E-state index contributed by atoms with van der Waals surface area (Å²) in [6.45, 7) is 1.04. The Morgan fingerprint density at radius 1 is 1.17 bits per heavy atom. The Kier molecular flexibility index (Phi) is 3.93. The first-order chi connectivity index (χ1) is 8.19. The highest BCUT2D eigenvalue weighted by molar-refractivity contribution is 5.79. The molecule has 0 aliphatic rings. The van der Waals surface area contributed by atoms with Gasteiger partial charge in [-0.05, 0) is 19.1 Å². The number of halogens is 5. The Labute approximate surface area is 99.4 Å². The quantitative estimate of drug-likeness (QED) is 0.620. The van der Waals surface area contributed by atoms with Crippen molar-refractivity contribution < 1.29 is 31.5 Å². The molecule has 0 aromatic heterocycles. The summed E-state index contributed by atoms with van der Waals surface area (Å²) in [5.41, 5.74) is -2.29. The van der Waals surface area contributed by atoms with Crippen LogP contribution in [0.2, 0.25) is 0 Å². The average Bonchev–Trinajstić information content (AvgIpc) is 2.28. The first kappa shape index (κ1) is 14.4. The van der Waals surface area contributed by atoms with E-state index in [1.54, 1.807) is 0 Å². The summed E-state index contributed by atoms with van der Waals surface area (Å²) in [7, 11) is 0. The predicted octanol–water partition coefficient (Wildman–Crippen LogP) is 3.36. The number of hydrogen-bond acceptors (Lipinski definition) is 2. The van der Waals surface area contributed by atoms with E-state index in [2.05, 4.69) is 4.74 Å². The molecule has 0 saturated carbocycles. The van der Waals surface area contributed by atoms with Crippen molar-refractivity contribution in [3.05, 3.63) is 35.4 Å². The highest BCUT2D eigenvalue weighted by atomic mass is 19.4. The third kappa shape index (κ3) is 2.96. The molecule has 0 saturated heterocycles. The van der Waals surface area contributed by atoms with Gasteiger partial charge in [-0.3, -0.25) is 0 Å². The fourth-order valence-electron chi connectivity index (χ4n) is 1.23. The van der Waals surface area contributed by atoms with Crippen LogP contribution in [0, 0.1) is 0 Å². The molecule has 1 rings (SSSR count). The van der Waals surface area contributed by atoms with Crippen molar-refractivity contribution >= 4 is 5.97 Å². The lowest BCUT2D eigenvalue weighted by molar-refractivity contribution is -0.173. The molecule has 0 bridgehead atoms. The Balaban J connectivity index is 3.13. The molecule has 1 aromatic carbocycles. The number of carbonyl (C=O) groups is 1. The molecule has 2 nitrogen and oxygen atoms in total. The van der Waals surface area contributed by atoms with Gasteiger partial charge in [0.15, 0.2) is 0 Å². The molecular weight excluding hydrogens is 259 g/mol. The summed E-state index contributed by atoms with van der Waals surface area (Å²) in [5.74, 6) is -5.97. The zero-order valence-corrected chi connectivity index (χ0v) is 9.22. The van der Waals surface area contributed by atoms with E-state index in [9.17, 15) is 26.7 Å². The van der Waals surface area contributed by atoms with E-state index in [0.717, 1.165) is 12.1 Å². The zero-order chi connectivity index (χ0) is 14.0. The lowest BCUT2D eigenvalue weighted by Crippen LogP contribution is -2.28. The first-order valence-corrected chi connectivity index (χ1v) is 4.92. The van der Waals surface area contributed by atoms with Crippen molar-refractivity contribution in [1.29, 1.82) is 0 Å². The minimum Gasteiger partial charge on any atom is -0.461 e. The summed E-state index contributed by atoms with van der Waals surface area (Å²) in [5, 5.41) is 0. The van der Waals surface area contributed by atoms with Crippen molar-refractivity contribution in [2.75, 3.05) is 6.61 Å². The van der Waals surface area contributed by atoms with Crippen LogP contribution in [0.1, 0.15) is 18.1 Å². The summed E-state index contributed by atoms with van der Waals surface area (Å²) < 4.78 is 68.1. The summed E-state index contributed by atoms with van der Waals surface area (Å²) >= 11 is 0. The fraction of sp³-hybridized carbons (Fsp3) is 0.364. The second-order valence-electron chi connectivity index (χ2n) is 3.37. The average molecular weight is 268 g/mol. The van der Waals surface area contributed by atoms with Crippen LogP contribution in [0.3, 0.4) is 0 Å². The van der Waals surface area contributed by atoms with Gasteiger partial charge in [-0.2, -0.15) is 22.0 Å². The highest BCUT2D eigenvalue weighted by Gasteiger charge is 2.44. The van der Waals surface area contributed by atoms with Gasteiger partial charge in [-0.25, -0.2) is 4.79 Å². The van der Waals surface area contributed by atoms with E-state index in [0.29, 0.717) is 6.07 Å². The molecule has 100 valence electrons. The van der Waals surface area contributed by atoms with Gasteiger partial charge in [0.05, 0.1) is 12.2 Å². The molecule has 0 unspecified atom stereocenters. The largest absolute Gasteiger partial charge is 0.461 e. The van der Waals surface area contributed by atoms with Gasteiger partial charge in [-0.1, -0.05) is 12.1 Å². The minimum atomic E-state index is -4.75. The molecule has 0 atom stereocenters. The van der Waals surface area contributed by atoms with Crippen LogP contribution in [0.25, 0.3) is 0 Å². The lowest BCUT2D eigenvalue weighted by atomic mass is 10.1. The van der Waals surface area contributed by atoms with E-state index in [-0.39, 0.29) is 12.7 Å². The molecule has 18 heavy (non-hydrogen) atoms. The monoisotopic (exact) mass is 268 g/mol. The zero-order valence-electron chi connectivity index (χ0n) is 9.22. The summed E-state index contributed by atoms with van der Waals surface area (Å²) in [6, 6.07) is 2.43. The second kappa shape index (κ2) is 4.91. The Morgan fingerprint density at radius 3 is 2.22 bits per heavy atom. The molecule has 0 heterocycles. The molecule has 0 spiro atoms. The van der Waals surface area contributed by atoms with Gasteiger partial charge in [0.2, 0.25) is 0 Å². The van der Waals surface area contributed by atoms with Crippen molar-refractivity contribution in [2.45, 2.75) is 19.0 Å². The second-order valence-corrected chi connectivity index (χ2v) is 3.37. The third-order valence-corrected chi connectivity index (χ3v) is 2.08.